The van der Waals surface area contributed by atoms with Crippen LogP contribution in [0.2, 0.25) is 0 Å². The number of nitro groups is 1. The molecular formula is C23H26N4O7S. The van der Waals surface area contributed by atoms with Gasteiger partial charge >= 0.3 is 0 Å². The van der Waals surface area contributed by atoms with Crippen LogP contribution in [0.25, 0.3) is 0 Å². The lowest BCUT2D eigenvalue weighted by atomic mass is 10.2. The van der Waals surface area contributed by atoms with Gasteiger partial charge in [-0.2, -0.15) is 4.31 Å². The van der Waals surface area contributed by atoms with Crippen LogP contribution in [-0.2, 0) is 16.6 Å². The van der Waals surface area contributed by atoms with Gasteiger partial charge in [0.1, 0.15) is 11.4 Å². The summed E-state index contributed by atoms with van der Waals surface area (Å²) in [5.41, 5.74) is 1.08. The highest BCUT2D eigenvalue weighted by Gasteiger charge is 2.30. The smallest absolute Gasteiger partial charge is 0.292 e. The van der Waals surface area contributed by atoms with E-state index in [9.17, 15) is 18.5 Å². The van der Waals surface area contributed by atoms with Gasteiger partial charge in [0, 0.05) is 44.0 Å². The Bertz CT molecular complexity index is 1290. The quantitative estimate of drug-likeness (QED) is 0.346. The van der Waals surface area contributed by atoms with Crippen molar-refractivity contribution < 1.29 is 27.2 Å². The number of ether oxygens (including phenoxy) is 2. The van der Waals surface area contributed by atoms with E-state index in [4.69, 9.17) is 13.9 Å². The summed E-state index contributed by atoms with van der Waals surface area (Å²) >= 11 is 0. The van der Waals surface area contributed by atoms with Crippen molar-refractivity contribution in [3.05, 3.63) is 70.7 Å². The number of nitrogens with one attached hydrogen (secondary N) is 1. The van der Waals surface area contributed by atoms with E-state index < -0.39 is 14.9 Å². The number of anilines is 2. The molecule has 186 valence electrons. The van der Waals surface area contributed by atoms with Crippen LogP contribution in [0.15, 0.2) is 64.1 Å². The lowest BCUT2D eigenvalue weighted by Gasteiger charge is -2.35. The van der Waals surface area contributed by atoms with E-state index in [2.05, 4.69) is 5.32 Å². The first-order valence-electron chi connectivity index (χ1n) is 10.9. The second-order valence-corrected chi connectivity index (χ2v) is 9.74. The maximum Gasteiger partial charge on any atom is 0.292 e. The summed E-state index contributed by atoms with van der Waals surface area (Å²) in [6.07, 6.45) is 1.54. The molecule has 2 aromatic carbocycles. The average Bonchev–Trinajstić information content (AvgIpc) is 3.40. The highest BCUT2D eigenvalue weighted by molar-refractivity contribution is 7.89. The molecule has 4 rings (SSSR count). The molecule has 0 aliphatic carbocycles. The topological polar surface area (TPSA) is 127 Å². The highest BCUT2D eigenvalue weighted by Crippen LogP contribution is 2.33. The van der Waals surface area contributed by atoms with E-state index in [-0.39, 0.29) is 23.7 Å². The molecule has 0 unspecified atom stereocenters. The number of nitrogens with zero attached hydrogens (tertiary/aromatic N) is 3. The lowest BCUT2D eigenvalue weighted by molar-refractivity contribution is -0.384. The lowest BCUT2D eigenvalue weighted by Crippen LogP contribution is -2.48. The fourth-order valence-corrected chi connectivity index (χ4v) is 5.37. The van der Waals surface area contributed by atoms with Crippen molar-refractivity contribution >= 4 is 27.1 Å². The fourth-order valence-electron chi connectivity index (χ4n) is 3.93. The van der Waals surface area contributed by atoms with Crippen LogP contribution in [0, 0.1) is 10.1 Å². The predicted molar refractivity (Wildman–Crippen MR) is 130 cm³/mol. The van der Waals surface area contributed by atoms with Crippen LogP contribution < -0.4 is 19.7 Å². The summed E-state index contributed by atoms with van der Waals surface area (Å²) in [5.74, 6) is 1.44. The maximum absolute atomic E-state index is 13.2. The van der Waals surface area contributed by atoms with E-state index in [1.165, 1.54) is 43.0 Å². The van der Waals surface area contributed by atoms with Gasteiger partial charge in [0.2, 0.25) is 10.0 Å². The number of furan rings is 1. The van der Waals surface area contributed by atoms with Crippen molar-refractivity contribution in [2.75, 3.05) is 50.6 Å². The van der Waals surface area contributed by atoms with Crippen LogP contribution >= 0.6 is 0 Å². The third kappa shape index (κ3) is 5.17. The Morgan fingerprint density at radius 3 is 2.40 bits per heavy atom. The van der Waals surface area contributed by atoms with Crippen LogP contribution in [0.4, 0.5) is 17.1 Å². The van der Waals surface area contributed by atoms with Gasteiger partial charge in [0.15, 0.2) is 11.5 Å². The van der Waals surface area contributed by atoms with E-state index in [1.54, 1.807) is 30.3 Å². The summed E-state index contributed by atoms with van der Waals surface area (Å²) in [5, 5.41) is 14.5. The molecule has 0 bridgehead atoms. The molecule has 1 fully saturated rings. The fraction of sp³-hybridized carbons (Fsp3) is 0.304. The monoisotopic (exact) mass is 502 g/mol. The largest absolute Gasteiger partial charge is 0.493 e. The molecule has 2 heterocycles. The van der Waals surface area contributed by atoms with Gasteiger partial charge in [-0.15, -0.1) is 0 Å². The van der Waals surface area contributed by atoms with Gasteiger partial charge in [0.05, 0.1) is 36.8 Å². The number of piperazine rings is 1. The third-order valence-electron chi connectivity index (χ3n) is 5.81. The molecule has 1 saturated heterocycles. The van der Waals surface area contributed by atoms with Gasteiger partial charge in [-0.1, -0.05) is 0 Å². The van der Waals surface area contributed by atoms with E-state index >= 15 is 0 Å². The number of hydrogen-bond donors (Lipinski definition) is 1. The minimum absolute atomic E-state index is 0.0463. The van der Waals surface area contributed by atoms with Gasteiger partial charge in [-0.3, -0.25) is 10.1 Å². The van der Waals surface area contributed by atoms with Crippen LogP contribution in [0.3, 0.4) is 0 Å². The Morgan fingerprint density at radius 2 is 1.77 bits per heavy atom. The second-order valence-electron chi connectivity index (χ2n) is 7.80. The molecule has 12 heteroatoms. The SMILES string of the molecule is COc1ccc(S(=O)(=O)N2CCN(c3ccc([N+](=O)[O-])c(NCc4ccco4)c3)CC2)cc1OC. The number of hydrogen-bond acceptors (Lipinski definition) is 9. The van der Waals surface area contributed by atoms with Gasteiger partial charge in [-0.25, -0.2) is 8.42 Å². The van der Waals surface area contributed by atoms with Crippen LogP contribution in [0.5, 0.6) is 11.5 Å². The van der Waals surface area contributed by atoms with Crippen molar-refractivity contribution in [1.82, 2.24) is 4.31 Å². The highest BCUT2D eigenvalue weighted by atomic mass is 32.2. The van der Waals surface area contributed by atoms with Gasteiger partial charge in [0.25, 0.3) is 5.69 Å². The molecule has 0 amide bonds. The molecule has 0 radical (unpaired) electrons. The first-order valence-corrected chi connectivity index (χ1v) is 12.3. The molecule has 35 heavy (non-hydrogen) atoms. The molecule has 1 aliphatic heterocycles. The number of methoxy groups -OCH3 is 2. The zero-order valence-electron chi connectivity index (χ0n) is 19.3. The first-order chi connectivity index (χ1) is 16.8. The number of benzene rings is 2. The summed E-state index contributed by atoms with van der Waals surface area (Å²) < 4.78 is 43.5. The Balaban J connectivity index is 1.48. The molecule has 3 aromatic rings. The standard InChI is InChI=1S/C23H26N4O7S/c1-32-22-8-6-19(15-23(22)33-2)35(30,31)26-11-9-25(10-12-26)17-5-7-21(27(28)29)20(14-17)24-16-18-4-3-13-34-18/h3-8,13-15,24H,9-12,16H2,1-2H3. The van der Waals surface area contributed by atoms with E-state index in [1.807, 2.05) is 4.90 Å². The van der Waals surface area contributed by atoms with E-state index in [0.717, 1.165) is 5.69 Å². The summed E-state index contributed by atoms with van der Waals surface area (Å²) in [6, 6.07) is 12.9. The zero-order chi connectivity index (χ0) is 25.0. The predicted octanol–water partition coefficient (Wildman–Crippen LogP) is 3.33. The molecule has 0 saturated carbocycles. The zero-order valence-corrected chi connectivity index (χ0v) is 20.2. The van der Waals surface area contributed by atoms with Crippen molar-refractivity contribution in [3.8, 4) is 11.5 Å². The summed E-state index contributed by atoms with van der Waals surface area (Å²) in [7, 11) is -0.785. The minimum atomic E-state index is -3.73. The summed E-state index contributed by atoms with van der Waals surface area (Å²) in [4.78, 5) is 13.2. The van der Waals surface area contributed by atoms with E-state index in [0.29, 0.717) is 42.6 Å². The van der Waals surface area contributed by atoms with Gasteiger partial charge in [-0.05, 0) is 36.4 Å². The maximum atomic E-state index is 13.2. The molecule has 0 spiro atoms. The second kappa shape index (κ2) is 10.2. The Labute approximate surface area is 203 Å². The third-order valence-corrected chi connectivity index (χ3v) is 7.70. The molecule has 1 N–H and O–H groups in total. The molecule has 1 aliphatic rings. The molecular weight excluding hydrogens is 476 g/mol. The number of sulfonamides is 1. The van der Waals surface area contributed by atoms with Crippen LogP contribution in [0.1, 0.15) is 5.76 Å². The average molecular weight is 503 g/mol. The van der Waals surface area contributed by atoms with Crippen molar-refractivity contribution in [2.45, 2.75) is 11.4 Å². The van der Waals surface area contributed by atoms with Gasteiger partial charge < -0.3 is 24.1 Å². The normalized spacial score (nSPS) is 14.5. The van der Waals surface area contributed by atoms with Crippen LogP contribution in [-0.4, -0.2) is 58.0 Å². The summed E-state index contributed by atoms with van der Waals surface area (Å²) in [6.45, 7) is 1.70. The van der Waals surface area contributed by atoms with Crippen molar-refractivity contribution in [2.24, 2.45) is 0 Å². The number of nitro benzene ring substituents is 1. The van der Waals surface area contributed by atoms with Crippen molar-refractivity contribution in [1.29, 1.82) is 0 Å². The van der Waals surface area contributed by atoms with Crippen molar-refractivity contribution in [3.63, 3.8) is 0 Å². The Morgan fingerprint density at radius 1 is 1.03 bits per heavy atom. The Hall–Kier alpha value is -3.77. The molecule has 0 atom stereocenters. The Kier molecular flexibility index (Phi) is 7.12. The minimum Gasteiger partial charge on any atom is -0.493 e. The number of rotatable bonds is 9. The molecule has 11 nitrogen and oxygen atoms in total. The first kappa shape index (κ1) is 24.4. The molecule has 1 aromatic heterocycles.